The van der Waals surface area contributed by atoms with Gasteiger partial charge in [-0.25, -0.2) is 0 Å². The van der Waals surface area contributed by atoms with Crippen LogP contribution in [0.3, 0.4) is 0 Å². The number of aromatic nitrogens is 2. The molecule has 3 rings (SSSR count). The Morgan fingerprint density at radius 3 is 2.77 bits per heavy atom. The predicted octanol–water partition coefficient (Wildman–Crippen LogP) is 3.04. The van der Waals surface area contributed by atoms with Crippen LogP contribution in [-0.2, 0) is 22.4 Å². The minimum absolute atomic E-state index is 0.0294. The maximum Gasteiger partial charge on any atom is 0.320 e. The van der Waals surface area contributed by atoms with Crippen LogP contribution in [0.25, 0.3) is 0 Å². The summed E-state index contributed by atoms with van der Waals surface area (Å²) >= 11 is 1.30. The van der Waals surface area contributed by atoms with Crippen molar-refractivity contribution in [3.8, 4) is 0 Å². The standard InChI is InChI=1S/C16H18N2O3S/c1-11-10-13(15(19)20-11)22-16-18-17-14(21-16)9-5-8-12-6-3-2-4-7-12/h2-4,6-7,11,13H,5,8-10H2,1H3/t11-,13+/m0/s1. The van der Waals surface area contributed by atoms with Crippen molar-refractivity contribution >= 4 is 17.7 Å². The van der Waals surface area contributed by atoms with Gasteiger partial charge in [-0.05, 0) is 37.1 Å². The van der Waals surface area contributed by atoms with Gasteiger partial charge in [0.1, 0.15) is 11.4 Å². The number of ether oxygens (including phenoxy) is 1. The molecule has 1 aromatic carbocycles. The van der Waals surface area contributed by atoms with Crippen molar-refractivity contribution in [2.75, 3.05) is 0 Å². The van der Waals surface area contributed by atoms with Gasteiger partial charge in [0.25, 0.3) is 5.22 Å². The molecule has 1 aliphatic rings. The Balaban J connectivity index is 1.48. The molecular formula is C16H18N2O3S. The highest BCUT2D eigenvalue weighted by molar-refractivity contribution is 8.00. The van der Waals surface area contributed by atoms with E-state index in [0.717, 1.165) is 19.3 Å². The largest absolute Gasteiger partial charge is 0.462 e. The minimum atomic E-state index is -0.229. The number of hydrogen-bond donors (Lipinski definition) is 0. The quantitative estimate of drug-likeness (QED) is 0.763. The number of nitrogens with zero attached hydrogens (tertiary/aromatic N) is 2. The van der Waals surface area contributed by atoms with Gasteiger partial charge in [-0.2, -0.15) is 0 Å². The predicted molar refractivity (Wildman–Crippen MR) is 82.6 cm³/mol. The Hall–Kier alpha value is -1.82. The highest BCUT2D eigenvalue weighted by atomic mass is 32.2. The zero-order valence-corrected chi connectivity index (χ0v) is 13.2. The van der Waals surface area contributed by atoms with E-state index in [1.807, 2.05) is 25.1 Å². The number of thioether (sulfide) groups is 1. The summed E-state index contributed by atoms with van der Waals surface area (Å²) in [6.45, 7) is 1.89. The molecule has 0 spiro atoms. The first-order valence-corrected chi connectivity index (χ1v) is 8.32. The fourth-order valence-corrected chi connectivity index (χ4v) is 3.41. The zero-order chi connectivity index (χ0) is 15.4. The Morgan fingerprint density at radius 2 is 2.05 bits per heavy atom. The molecule has 2 atom stereocenters. The minimum Gasteiger partial charge on any atom is -0.462 e. The third-order valence-corrected chi connectivity index (χ3v) is 4.55. The maximum absolute atomic E-state index is 11.6. The van der Waals surface area contributed by atoms with Crippen LogP contribution in [0.15, 0.2) is 40.0 Å². The molecule has 1 aliphatic heterocycles. The molecule has 0 N–H and O–H groups in total. The van der Waals surface area contributed by atoms with Gasteiger partial charge in [0, 0.05) is 12.8 Å². The number of esters is 1. The summed E-state index contributed by atoms with van der Waals surface area (Å²) in [6, 6.07) is 10.3. The molecular weight excluding hydrogens is 300 g/mol. The van der Waals surface area contributed by atoms with Gasteiger partial charge in [0.05, 0.1) is 0 Å². The Kier molecular flexibility index (Phi) is 4.77. The van der Waals surface area contributed by atoms with Gasteiger partial charge in [-0.3, -0.25) is 4.79 Å². The average Bonchev–Trinajstić information content (AvgIpc) is 3.07. The Morgan fingerprint density at radius 1 is 1.23 bits per heavy atom. The molecule has 22 heavy (non-hydrogen) atoms. The first kappa shape index (κ1) is 15.1. The van der Waals surface area contributed by atoms with Gasteiger partial charge in [-0.15, -0.1) is 10.2 Å². The number of hydrogen-bond acceptors (Lipinski definition) is 6. The van der Waals surface area contributed by atoms with E-state index in [1.54, 1.807) is 0 Å². The van der Waals surface area contributed by atoms with Crippen LogP contribution < -0.4 is 0 Å². The van der Waals surface area contributed by atoms with Crippen LogP contribution >= 0.6 is 11.8 Å². The summed E-state index contributed by atoms with van der Waals surface area (Å²) in [5.74, 6) is 0.430. The van der Waals surface area contributed by atoms with Gasteiger partial charge in [0.15, 0.2) is 0 Å². The second-order valence-electron chi connectivity index (χ2n) is 5.39. The summed E-state index contributed by atoms with van der Waals surface area (Å²) in [5.41, 5.74) is 1.30. The summed E-state index contributed by atoms with van der Waals surface area (Å²) in [5, 5.41) is 8.27. The van der Waals surface area contributed by atoms with Crippen LogP contribution in [0.1, 0.15) is 31.2 Å². The number of rotatable bonds is 6. The molecule has 0 aliphatic carbocycles. The van der Waals surface area contributed by atoms with E-state index in [0.29, 0.717) is 17.5 Å². The van der Waals surface area contributed by atoms with Crippen LogP contribution in [0.5, 0.6) is 0 Å². The molecule has 0 bridgehead atoms. The van der Waals surface area contributed by atoms with Crippen molar-refractivity contribution in [3.63, 3.8) is 0 Å². The lowest BCUT2D eigenvalue weighted by atomic mass is 10.1. The second-order valence-corrected chi connectivity index (χ2v) is 6.54. The molecule has 0 amide bonds. The fraction of sp³-hybridized carbons (Fsp3) is 0.438. The maximum atomic E-state index is 11.6. The lowest BCUT2D eigenvalue weighted by Gasteiger charge is -2.00. The highest BCUT2D eigenvalue weighted by Gasteiger charge is 2.34. The number of carbonyl (C=O) groups is 1. The lowest BCUT2D eigenvalue weighted by molar-refractivity contribution is -0.140. The molecule has 0 unspecified atom stereocenters. The van der Waals surface area contributed by atoms with E-state index in [4.69, 9.17) is 9.15 Å². The first-order chi connectivity index (χ1) is 10.7. The molecule has 1 saturated heterocycles. The molecule has 2 aromatic rings. The van der Waals surface area contributed by atoms with Crippen molar-refractivity contribution in [1.29, 1.82) is 0 Å². The van der Waals surface area contributed by atoms with Gasteiger partial charge < -0.3 is 9.15 Å². The smallest absolute Gasteiger partial charge is 0.320 e. The Labute approximate surface area is 133 Å². The van der Waals surface area contributed by atoms with Crippen LogP contribution in [0.4, 0.5) is 0 Å². The van der Waals surface area contributed by atoms with E-state index >= 15 is 0 Å². The zero-order valence-electron chi connectivity index (χ0n) is 12.4. The molecule has 2 heterocycles. The molecule has 0 radical (unpaired) electrons. The van der Waals surface area contributed by atoms with E-state index in [1.165, 1.54) is 17.3 Å². The van der Waals surface area contributed by atoms with Crippen molar-refractivity contribution in [3.05, 3.63) is 41.8 Å². The lowest BCUT2D eigenvalue weighted by Crippen LogP contribution is -2.09. The van der Waals surface area contributed by atoms with Crippen LogP contribution in [-0.4, -0.2) is 27.5 Å². The first-order valence-electron chi connectivity index (χ1n) is 7.44. The van der Waals surface area contributed by atoms with E-state index in [9.17, 15) is 4.79 Å². The summed E-state index contributed by atoms with van der Waals surface area (Å²) in [7, 11) is 0. The number of aryl methyl sites for hydroxylation is 2. The molecule has 1 fully saturated rings. The number of carbonyl (C=O) groups excluding carboxylic acids is 1. The van der Waals surface area contributed by atoms with Crippen LogP contribution in [0, 0.1) is 0 Å². The Bertz CT molecular complexity index is 629. The van der Waals surface area contributed by atoms with Gasteiger partial charge in [-0.1, -0.05) is 30.3 Å². The van der Waals surface area contributed by atoms with Crippen molar-refractivity contribution in [2.24, 2.45) is 0 Å². The monoisotopic (exact) mass is 318 g/mol. The molecule has 116 valence electrons. The van der Waals surface area contributed by atoms with Crippen molar-refractivity contribution < 1.29 is 13.9 Å². The van der Waals surface area contributed by atoms with E-state index in [2.05, 4.69) is 22.3 Å². The molecule has 0 saturated carbocycles. The summed E-state index contributed by atoms with van der Waals surface area (Å²) in [4.78, 5) is 11.6. The third-order valence-electron chi connectivity index (χ3n) is 3.52. The normalized spacial score (nSPS) is 21.0. The number of benzene rings is 1. The second kappa shape index (κ2) is 6.96. The van der Waals surface area contributed by atoms with Gasteiger partial charge in [0.2, 0.25) is 5.89 Å². The van der Waals surface area contributed by atoms with Gasteiger partial charge >= 0.3 is 5.97 Å². The summed E-state index contributed by atoms with van der Waals surface area (Å²) < 4.78 is 10.7. The fourth-order valence-electron chi connectivity index (χ4n) is 2.41. The molecule has 5 nitrogen and oxygen atoms in total. The average molecular weight is 318 g/mol. The van der Waals surface area contributed by atoms with Crippen LogP contribution in [0.2, 0.25) is 0 Å². The third kappa shape index (κ3) is 3.88. The molecule has 6 heteroatoms. The number of cyclic esters (lactones) is 1. The van der Waals surface area contributed by atoms with Crippen molar-refractivity contribution in [2.45, 2.75) is 49.2 Å². The van der Waals surface area contributed by atoms with Crippen molar-refractivity contribution in [1.82, 2.24) is 10.2 Å². The SMILES string of the molecule is C[C@H]1C[C@@H](Sc2nnc(CCCc3ccccc3)o2)C(=O)O1. The topological polar surface area (TPSA) is 65.2 Å². The van der Waals surface area contributed by atoms with E-state index in [-0.39, 0.29) is 17.3 Å². The molecule has 1 aromatic heterocycles. The summed E-state index contributed by atoms with van der Waals surface area (Å²) in [6.07, 6.45) is 3.35. The van der Waals surface area contributed by atoms with E-state index < -0.39 is 0 Å². The highest BCUT2D eigenvalue weighted by Crippen LogP contribution is 2.31.